The molecule has 5 N–H and O–H groups in total. The SMILES string of the molecule is COC1CCN(CCC(N)(CCCCB(O)O)C(=O)O)CC1.Cl.Cl. The minimum atomic E-state index is -1.33. The summed E-state index contributed by atoms with van der Waals surface area (Å²) >= 11 is 0. The van der Waals surface area contributed by atoms with Crippen molar-refractivity contribution in [2.45, 2.75) is 56.5 Å². The molecule has 0 saturated carbocycles. The third kappa shape index (κ3) is 9.41. The number of unbranched alkanes of at least 4 members (excludes halogenated alkanes) is 1. The molecule has 0 aromatic carbocycles. The van der Waals surface area contributed by atoms with E-state index in [0.29, 0.717) is 38.3 Å². The molecule has 144 valence electrons. The summed E-state index contributed by atoms with van der Waals surface area (Å²) in [7, 11) is 0.387. The summed E-state index contributed by atoms with van der Waals surface area (Å²) in [5.41, 5.74) is 4.81. The fourth-order valence-corrected chi connectivity index (χ4v) is 2.83. The van der Waals surface area contributed by atoms with Crippen LogP contribution in [-0.4, -0.2) is 71.5 Å². The molecule has 0 amide bonds. The number of rotatable bonds is 10. The molecule has 1 heterocycles. The van der Waals surface area contributed by atoms with Gasteiger partial charge in [-0.25, -0.2) is 0 Å². The zero-order chi connectivity index (χ0) is 16.6. The van der Waals surface area contributed by atoms with Gasteiger partial charge < -0.3 is 30.5 Å². The van der Waals surface area contributed by atoms with Gasteiger partial charge in [0, 0.05) is 26.7 Å². The van der Waals surface area contributed by atoms with Crippen LogP contribution in [0.2, 0.25) is 6.32 Å². The van der Waals surface area contributed by atoms with Gasteiger partial charge in [0.2, 0.25) is 0 Å². The van der Waals surface area contributed by atoms with Gasteiger partial charge in [0.1, 0.15) is 5.54 Å². The summed E-state index contributed by atoms with van der Waals surface area (Å²) in [6.07, 6.45) is 4.38. The Morgan fingerprint density at radius 3 is 2.29 bits per heavy atom. The Kier molecular flexibility index (Phi) is 14.3. The summed E-state index contributed by atoms with van der Waals surface area (Å²) in [5, 5.41) is 27.0. The smallest absolute Gasteiger partial charge is 0.451 e. The predicted molar refractivity (Wildman–Crippen MR) is 99.0 cm³/mol. The van der Waals surface area contributed by atoms with E-state index in [2.05, 4.69) is 4.90 Å². The second kappa shape index (κ2) is 13.2. The van der Waals surface area contributed by atoms with Crippen LogP contribution in [-0.2, 0) is 9.53 Å². The molecule has 1 atom stereocenters. The van der Waals surface area contributed by atoms with Crippen molar-refractivity contribution >= 4 is 37.9 Å². The molecule has 0 radical (unpaired) electrons. The van der Waals surface area contributed by atoms with Crippen molar-refractivity contribution in [2.75, 3.05) is 26.7 Å². The van der Waals surface area contributed by atoms with E-state index in [-0.39, 0.29) is 31.1 Å². The first kappa shape index (κ1) is 26.1. The molecule has 1 aliphatic rings. The first-order valence-electron chi connectivity index (χ1n) is 8.01. The maximum Gasteiger partial charge on any atom is 0.451 e. The number of piperidine rings is 1. The van der Waals surface area contributed by atoms with Crippen LogP contribution in [0, 0.1) is 0 Å². The highest BCUT2D eigenvalue weighted by molar-refractivity contribution is 6.40. The van der Waals surface area contributed by atoms with E-state index in [1.165, 1.54) is 0 Å². The number of aliphatic carboxylic acids is 1. The van der Waals surface area contributed by atoms with Crippen molar-refractivity contribution in [3.8, 4) is 0 Å². The normalized spacial score (nSPS) is 18.2. The van der Waals surface area contributed by atoms with E-state index in [9.17, 15) is 9.90 Å². The van der Waals surface area contributed by atoms with Crippen molar-refractivity contribution in [1.82, 2.24) is 4.90 Å². The van der Waals surface area contributed by atoms with Gasteiger partial charge in [-0.05, 0) is 32.0 Å². The molecule has 1 rings (SSSR count). The Bertz CT molecular complexity index is 347. The lowest BCUT2D eigenvalue weighted by Gasteiger charge is -2.33. The fraction of sp³-hybridized carbons (Fsp3) is 0.929. The molecule has 0 aliphatic carbocycles. The van der Waals surface area contributed by atoms with Crippen LogP contribution in [0.5, 0.6) is 0 Å². The van der Waals surface area contributed by atoms with Crippen LogP contribution in [0.25, 0.3) is 0 Å². The average molecular weight is 389 g/mol. The lowest BCUT2D eigenvalue weighted by Crippen LogP contribution is -2.51. The van der Waals surface area contributed by atoms with E-state index >= 15 is 0 Å². The Hall–Kier alpha value is -0.0851. The number of ether oxygens (including phenoxy) is 1. The van der Waals surface area contributed by atoms with E-state index < -0.39 is 18.6 Å². The zero-order valence-corrected chi connectivity index (χ0v) is 15.9. The molecule has 10 heteroatoms. The molecule has 0 spiro atoms. The number of methoxy groups -OCH3 is 1. The van der Waals surface area contributed by atoms with Crippen LogP contribution in [0.15, 0.2) is 0 Å². The van der Waals surface area contributed by atoms with Crippen molar-refractivity contribution in [2.24, 2.45) is 5.73 Å². The Morgan fingerprint density at radius 2 is 1.83 bits per heavy atom. The number of carboxylic acid groups (broad SMARTS) is 1. The first-order valence-corrected chi connectivity index (χ1v) is 8.01. The van der Waals surface area contributed by atoms with Gasteiger partial charge in [-0.15, -0.1) is 24.8 Å². The molecule has 0 aromatic rings. The van der Waals surface area contributed by atoms with E-state index in [4.69, 9.17) is 20.5 Å². The zero-order valence-electron chi connectivity index (χ0n) is 14.2. The number of nitrogens with two attached hydrogens (primary N) is 1. The Morgan fingerprint density at radius 1 is 1.25 bits per heavy atom. The largest absolute Gasteiger partial charge is 0.480 e. The number of likely N-dealkylation sites (tertiary alicyclic amines) is 1. The van der Waals surface area contributed by atoms with Gasteiger partial charge in [-0.3, -0.25) is 4.79 Å². The highest BCUT2D eigenvalue weighted by Gasteiger charge is 2.34. The van der Waals surface area contributed by atoms with Gasteiger partial charge in [-0.1, -0.05) is 12.8 Å². The summed E-state index contributed by atoms with van der Waals surface area (Å²) in [4.78, 5) is 13.7. The van der Waals surface area contributed by atoms with Gasteiger partial charge in [0.05, 0.1) is 6.10 Å². The average Bonchev–Trinajstić information content (AvgIpc) is 2.49. The quantitative estimate of drug-likeness (QED) is 0.322. The number of hydrogen-bond donors (Lipinski definition) is 4. The number of halogens is 2. The number of hydrogen-bond acceptors (Lipinski definition) is 6. The molecular formula is C14H31BCl2N2O5. The molecule has 1 unspecified atom stereocenters. The van der Waals surface area contributed by atoms with Gasteiger partial charge in [0.25, 0.3) is 0 Å². The summed E-state index contributed by atoms with van der Waals surface area (Å²) in [6.45, 7) is 2.48. The first-order chi connectivity index (χ1) is 10.4. The predicted octanol–water partition coefficient (Wildman–Crippen LogP) is 0.756. The lowest BCUT2D eigenvalue weighted by atomic mass is 9.81. The second-order valence-electron chi connectivity index (χ2n) is 6.21. The Labute approximate surface area is 156 Å². The fourth-order valence-electron chi connectivity index (χ4n) is 2.83. The molecule has 1 fully saturated rings. The summed E-state index contributed by atoms with van der Waals surface area (Å²) in [6, 6.07) is 0. The number of carbonyl (C=O) groups is 1. The van der Waals surface area contributed by atoms with Crippen LogP contribution >= 0.6 is 24.8 Å². The van der Waals surface area contributed by atoms with Gasteiger partial charge in [0.15, 0.2) is 0 Å². The maximum atomic E-state index is 11.5. The highest BCUT2D eigenvalue weighted by atomic mass is 35.5. The number of nitrogens with zero attached hydrogens (tertiary/aromatic N) is 1. The van der Waals surface area contributed by atoms with Gasteiger partial charge in [-0.2, -0.15) is 0 Å². The van der Waals surface area contributed by atoms with E-state index in [0.717, 1.165) is 25.9 Å². The van der Waals surface area contributed by atoms with Crippen molar-refractivity contribution < 1.29 is 24.7 Å². The van der Waals surface area contributed by atoms with Crippen LogP contribution in [0.4, 0.5) is 0 Å². The molecule has 1 aliphatic heterocycles. The van der Waals surface area contributed by atoms with Gasteiger partial charge >= 0.3 is 13.1 Å². The van der Waals surface area contributed by atoms with E-state index in [1.807, 2.05) is 0 Å². The minimum Gasteiger partial charge on any atom is -0.480 e. The lowest BCUT2D eigenvalue weighted by molar-refractivity contribution is -0.144. The third-order valence-corrected chi connectivity index (χ3v) is 4.50. The molecule has 0 bridgehead atoms. The van der Waals surface area contributed by atoms with Crippen LogP contribution in [0.3, 0.4) is 0 Å². The van der Waals surface area contributed by atoms with E-state index in [1.54, 1.807) is 7.11 Å². The topological polar surface area (TPSA) is 116 Å². The molecule has 24 heavy (non-hydrogen) atoms. The minimum absolute atomic E-state index is 0. The third-order valence-electron chi connectivity index (χ3n) is 4.50. The summed E-state index contributed by atoms with van der Waals surface area (Å²) < 4.78 is 5.32. The highest BCUT2D eigenvalue weighted by Crippen LogP contribution is 2.20. The molecule has 0 aromatic heterocycles. The second-order valence-corrected chi connectivity index (χ2v) is 6.21. The van der Waals surface area contributed by atoms with Crippen molar-refractivity contribution in [3.63, 3.8) is 0 Å². The van der Waals surface area contributed by atoms with Crippen molar-refractivity contribution in [3.05, 3.63) is 0 Å². The number of carboxylic acids is 1. The standard InChI is InChI=1S/C14H29BN2O5.2ClH/c1-22-12-4-9-17(10-5-12)11-7-14(16,13(18)19)6-2-3-8-15(20)21;;/h12,20-21H,2-11,16H2,1H3,(H,18,19);2*1H. The monoisotopic (exact) mass is 388 g/mol. The summed E-state index contributed by atoms with van der Waals surface area (Å²) in [5.74, 6) is -0.983. The van der Waals surface area contributed by atoms with Crippen molar-refractivity contribution in [1.29, 1.82) is 0 Å². The van der Waals surface area contributed by atoms with Crippen LogP contribution in [0.1, 0.15) is 38.5 Å². The Balaban J connectivity index is 0. The molecular weight excluding hydrogens is 358 g/mol. The maximum absolute atomic E-state index is 11.5. The molecule has 1 saturated heterocycles. The molecule has 7 nitrogen and oxygen atoms in total. The van der Waals surface area contributed by atoms with Crippen LogP contribution < -0.4 is 5.73 Å².